The van der Waals surface area contributed by atoms with Crippen LogP contribution in [0.25, 0.3) is 11.0 Å². The van der Waals surface area contributed by atoms with E-state index in [-0.39, 0.29) is 24.1 Å². The first kappa shape index (κ1) is 21.1. The lowest BCUT2D eigenvalue weighted by molar-refractivity contribution is -0.918. The Bertz CT molecular complexity index is 1150. The molecule has 1 fully saturated rings. The van der Waals surface area contributed by atoms with E-state index in [4.69, 9.17) is 4.42 Å². The summed E-state index contributed by atoms with van der Waals surface area (Å²) >= 11 is 0. The molecule has 0 bridgehead atoms. The second-order valence-electron chi connectivity index (χ2n) is 8.58. The first-order valence-corrected chi connectivity index (χ1v) is 10.8. The lowest BCUT2D eigenvalue weighted by Gasteiger charge is -2.29. The van der Waals surface area contributed by atoms with Crippen molar-refractivity contribution in [3.8, 4) is 5.75 Å². The Morgan fingerprint density at radius 1 is 1.16 bits per heavy atom. The number of carbonyl (C=O) groups is 1. The van der Waals surface area contributed by atoms with Crippen LogP contribution in [-0.4, -0.2) is 30.1 Å². The van der Waals surface area contributed by atoms with Crippen molar-refractivity contribution in [1.29, 1.82) is 0 Å². The molecule has 6 heteroatoms. The highest BCUT2D eigenvalue weighted by Crippen LogP contribution is 2.29. The zero-order chi connectivity index (χ0) is 22.0. The summed E-state index contributed by atoms with van der Waals surface area (Å²) in [6, 6.07) is 13.9. The largest absolute Gasteiger partial charge is 0.507 e. The zero-order valence-corrected chi connectivity index (χ0v) is 18.0. The average Bonchev–Trinajstić information content (AvgIpc) is 2.72. The molecule has 2 aromatic carbocycles. The predicted octanol–water partition coefficient (Wildman–Crippen LogP) is 2.02. The quantitative estimate of drug-likeness (QED) is 0.551. The van der Waals surface area contributed by atoms with E-state index in [1.54, 1.807) is 19.1 Å². The standard InChI is InChI=1S/C25H28N2O4/c1-16-12-21(28)24-17(2)20(25(30)31-22(24)13-16)14-23(29)26-19-8-10-27(11-9-19)15-18-6-4-3-5-7-18/h3-7,12-13,19,28H,8-11,14-15H2,1-2H3,(H,26,29)/p+1. The normalized spacial score (nSPS) is 18.8. The maximum Gasteiger partial charge on any atom is 0.340 e. The summed E-state index contributed by atoms with van der Waals surface area (Å²) in [4.78, 5) is 26.7. The highest BCUT2D eigenvalue weighted by Gasteiger charge is 2.24. The molecule has 0 atom stereocenters. The van der Waals surface area contributed by atoms with Crippen molar-refractivity contribution in [2.45, 2.75) is 45.7 Å². The molecular formula is C25H29N2O4+. The lowest BCUT2D eigenvalue weighted by atomic mass is 10.0. The molecule has 1 aromatic heterocycles. The molecule has 1 amide bonds. The summed E-state index contributed by atoms with van der Waals surface area (Å²) < 4.78 is 5.40. The predicted molar refractivity (Wildman–Crippen MR) is 119 cm³/mol. The lowest BCUT2D eigenvalue weighted by Crippen LogP contribution is -3.12. The molecule has 1 aliphatic rings. The number of amides is 1. The SMILES string of the molecule is Cc1cc(O)c2c(C)c(CC(=O)NC3CC[NH+](Cc4ccccc4)CC3)c(=O)oc2c1. The summed E-state index contributed by atoms with van der Waals surface area (Å²) in [5.74, 6) is -0.121. The van der Waals surface area contributed by atoms with Gasteiger partial charge in [0.15, 0.2) is 0 Å². The number of quaternary nitrogens is 1. The molecule has 162 valence electrons. The minimum absolute atomic E-state index is 0.0471. The number of aromatic hydroxyl groups is 1. The Kier molecular flexibility index (Phi) is 6.09. The first-order chi connectivity index (χ1) is 14.9. The van der Waals surface area contributed by atoms with Gasteiger partial charge in [0, 0.05) is 24.4 Å². The molecule has 0 spiro atoms. The van der Waals surface area contributed by atoms with Crippen LogP contribution in [0.4, 0.5) is 0 Å². The topological polar surface area (TPSA) is 84.0 Å². The fourth-order valence-corrected chi connectivity index (χ4v) is 4.53. The second kappa shape index (κ2) is 8.94. The number of hydrogen-bond donors (Lipinski definition) is 3. The summed E-state index contributed by atoms with van der Waals surface area (Å²) in [6.07, 6.45) is 1.78. The number of hydrogen-bond acceptors (Lipinski definition) is 4. The van der Waals surface area contributed by atoms with Crippen LogP contribution in [0.5, 0.6) is 5.75 Å². The first-order valence-electron chi connectivity index (χ1n) is 10.8. The van der Waals surface area contributed by atoms with Crippen molar-refractivity contribution < 1.29 is 19.2 Å². The van der Waals surface area contributed by atoms with E-state index in [1.165, 1.54) is 10.5 Å². The van der Waals surface area contributed by atoms with Gasteiger partial charge in [0.05, 0.1) is 30.5 Å². The van der Waals surface area contributed by atoms with Crippen molar-refractivity contribution in [3.05, 3.63) is 75.1 Å². The zero-order valence-electron chi connectivity index (χ0n) is 18.0. The third kappa shape index (κ3) is 4.80. The Morgan fingerprint density at radius 2 is 1.87 bits per heavy atom. The van der Waals surface area contributed by atoms with E-state index >= 15 is 0 Å². The number of carbonyl (C=O) groups excluding carboxylic acids is 1. The van der Waals surface area contributed by atoms with E-state index in [2.05, 4.69) is 29.6 Å². The second-order valence-corrected chi connectivity index (χ2v) is 8.58. The monoisotopic (exact) mass is 421 g/mol. The molecule has 4 rings (SSSR count). The molecule has 6 nitrogen and oxygen atoms in total. The smallest absolute Gasteiger partial charge is 0.340 e. The van der Waals surface area contributed by atoms with E-state index < -0.39 is 5.63 Å². The molecule has 3 N–H and O–H groups in total. The molecule has 31 heavy (non-hydrogen) atoms. The maximum absolute atomic E-state index is 12.7. The summed E-state index contributed by atoms with van der Waals surface area (Å²) in [5, 5.41) is 13.9. The van der Waals surface area contributed by atoms with Gasteiger partial charge in [-0.1, -0.05) is 30.3 Å². The van der Waals surface area contributed by atoms with Crippen LogP contribution in [0.1, 0.15) is 35.1 Å². The van der Waals surface area contributed by atoms with Gasteiger partial charge in [0.25, 0.3) is 0 Å². The molecule has 0 aliphatic carbocycles. The molecule has 3 aromatic rings. The van der Waals surface area contributed by atoms with Crippen LogP contribution >= 0.6 is 0 Å². The molecular weight excluding hydrogens is 392 g/mol. The number of piperidine rings is 1. The molecule has 1 aliphatic heterocycles. The Morgan fingerprint density at radius 3 is 2.58 bits per heavy atom. The summed E-state index contributed by atoms with van der Waals surface area (Å²) in [6.45, 7) is 6.58. The fourth-order valence-electron chi connectivity index (χ4n) is 4.53. The van der Waals surface area contributed by atoms with Crippen LogP contribution in [0.15, 0.2) is 51.7 Å². The Labute approximate surface area is 181 Å². The van der Waals surface area contributed by atoms with Gasteiger partial charge in [-0.3, -0.25) is 4.79 Å². The maximum atomic E-state index is 12.7. The number of aryl methyl sites for hydroxylation is 2. The van der Waals surface area contributed by atoms with Crippen molar-refractivity contribution >= 4 is 16.9 Å². The molecule has 0 radical (unpaired) electrons. The number of phenols is 1. The van der Waals surface area contributed by atoms with Gasteiger partial charge in [-0.05, 0) is 37.1 Å². The van der Waals surface area contributed by atoms with Gasteiger partial charge < -0.3 is 19.7 Å². The van der Waals surface area contributed by atoms with E-state index in [9.17, 15) is 14.7 Å². The number of fused-ring (bicyclic) bond motifs is 1. The van der Waals surface area contributed by atoms with E-state index in [1.807, 2.05) is 13.0 Å². The van der Waals surface area contributed by atoms with Gasteiger partial charge in [-0.15, -0.1) is 0 Å². The molecule has 1 saturated heterocycles. The Balaban J connectivity index is 1.38. The van der Waals surface area contributed by atoms with E-state index in [0.29, 0.717) is 22.1 Å². The van der Waals surface area contributed by atoms with Gasteiger partial charge in [0.1, 0.15) is 17.9 Å². The van der Waals surface area contributed by atoms with Gasteiger partial charge in [0.2, 0.25) is 5.91 Å². The third-order valence-electron chi connectivity index (χ3n) is 6.19. The van der Waals surface area contributed by atoms with Crippen molar-refractivity contribution in [2.75, 3.05) is 13.1 Å². The molecule has 0 unspecified atom stereocenters. The van der Waals surface area contributed by atoms with Crippen LogP contribution < -0.4 is 15.8 Å². The van der Waals surface area contributed by atoms with Crippen LogP contribution in [0.3, 0.4) is 0 Å². The Hall–Kier alpha value is -3.12. The molecule has 2 heterocycles. The van der Waals surface area contributed by atoms with Crippen LogP contribution in [-0.2, 0) is 17.8 Å². The van der Waals surface area contributed by atoms with Gasteiger partial charge in [-0.2, -0.15) is 0 Å². The fraction of sp³-hybridized carbons (Fsp3) is 0.360. The van der Waals surface area contributed by atoms with Gasteiger partial charge >= 0.3 is 5.63 Å². The average molecular weight is 422 g/mol. The number of rotatable bonds is 5. The number of nitrogens with one attached hydrogen (secondary N) is 2. The molecule has 0 saturated carbocycles. The van der Waals surface area contributed by atoms with Crippen molar-refractivity contribution in [1.82, 2.24) is 5.32 Å². The van der Waals surface area contributed by atoms with Crippen molar-refractivity contribution in [3.63, 3.8) is 0 Å². The summed E-state index contributed by atoms with van der Waals surface area (Å²) in [5.41, 5.74) is 2.86. The third-order valence-corrected chi connectivity index (χ3v) is 6.19. The van der Waals surface area contributed by atoms with Crippen molar-refractivity contribution in [2.24, 2.45) is 0 Å². The summed E-state index contributed by atoms with van der Waals surface area (Å²) in [7, 11) is 0. The van der Waals surface area contributed by atoms with Gasteiger partial charge in [-0.25, -0.2) is 4.79 Å². The highest BCUT2D eigenvalue weighted by atomic mass is 16.4. The minimum Gasteiger partial charge on any atom is -0.507 e. The highest BCUT2D eigenvalue weighted by molar-refractivity contribution is 5.89. The number of phenolic OH excluding ortho intramolecular Hbond substituents is 1. The van der Waals surface area contributed by atoms with Crippen LogP contribution in [0, 0.1) is 13.8 Å². The van der Waals surface area contributed by atoms with Crippen LogP contribution in [0.2, 0.25) is 0 Å². The number of likely N-dealkylation sites (tertiary alicyclic amines) is 1. The minimum atomic E-state index is -0.521. The number of benzene rings is 2. The van der Waals surface area contributed by atoms with E-state index in [0.717, 1.165) is 38.0 Å².